The molecular formula is C11H14N2O. The highest BCUT2D eigenvalue weighted by Crippen LogP contribution is 2.31. The quantitative estimate of drug-likeness (QED) is 0.694. The van der Waals surface area contributed by atoms with Crippen LogP contribution in [0.25, 0.3) is 0 Å². The average Bonchev–Trinajstić information content (AvgIpc) is 2.59. The van der Waals surface area contributed by atoms with Crippen LogP contribution in [0.5, 0.6) is 0 Å². The maximum atomic E-state index is 11.5. The molecule has 0 radical (unpaired) electrons. The van der Waals surface area contributed by atoms with Crippen molar-refractivity contribution in [2.24, 2.45) is 5.73 Å². The molecule has 1 amide bonds. The number of carbonyl (C=O) groups excluding carboxylic acids is 1. The lowest BCUT2D eigenvalue weighted by atomic mass is 10.0. The fraction of sp³-hybridized carbons (Fsp3) is 0.364. The highest BCUT2D eigenvalue weighted by Gasteiger charge is 2.23. The third-order valence-corrected chi connectivity index (χ3v) is 2.79. The summed E-state index contributed by atoms with van der Waals surface area (Å²) in [6.07, 6.45) is 1.86. The van der Waals surface area contributed by atoms with E-state index >= 15 is 0 Å². The molecule has 1 aromatic rings. The molecule has 0 saturated carbocycles. The molecule has 0 spiro atoms. The minimum atomic E-state index is -0.0176. The van der Waals surface area contributed by atoms with Crippen LogP contribution in [0.2, 0.25) is 0 Å². The number of hydrogen-bond donors (Lipinski definition) is 2. The van der Waals surface area contributed by atoms with Gasteiger partial charge in [-0.2, -0.15) is 0 Å². The number of amides is 1. The molecule has 0 unspecified atom stereocenters. The number of nitrogens with two attached hydrogens (primary N) is 1. The van der Waals surface area contributed by atoms with E-state index in [-0.39, 0.29) is 11.9 Å². The highest BCUT2D eigenvalue weighted by atomic mass is 16.1. The van der Waals surface area contributed by atoms with Crippen LogP contribution in [0, 0.1) is 0 Å². The smallest absolute Gasteiger partial charge is 0.251 e. The molecule has 3 nitrogen and oxygen atoms in total. The van der Waals surface area contributed by atoms with Gasteiger partial charge in [0.05, 0.1) is 0 Å². The van der Waals surface area contributed by atoms with Gasteiger partial charge in [-0.1, -0.05) is 12.1 Å². The zero-order valence-electron chi connectivity index (χ0n) is 8.21. The Hall–Kier alpha value is -1.35. The van der Waals surface area contributed by atoms with Crippen LogP contribution in [0.4, 0.5) is 0 Å². The minimum Gasteiger partial charge on any atom is -0.355 e. The molecule has 3 N–H and O–H groups in total. The molecule has 0 fully saturated rings. The molecule has 14 heavy (non-hydrogen) atoms. The SMILES string of the molecule is CNC(=O)c1cccc2c1CC[C@@H]2N. The van der Waals surface area contributed by atoms with Crippen molar-refractivity contribution in [2.75, 3.05) is 7.05 Å². The monoisotopic (exact) mass is 190 g/mol. The standard InChI is InChI=1S/C11H14N2O/c1-13-11(14)9-4-2-3-8-7(9)5-6-10(8)12/h2-4,10H,5-6,12H2,1H3,(H,13,14)/t10-/m0/s1. The molecule has 0 bridgehead atoms. The summed E-state index contributed by atoms with van der Waals surface area (Å²) in [6, 6.07) is 5.87. The minimum absolute atomic E-state index is 0.0176. The van der Waals surface area contributed by atoms with Gasteiger partial charge >= 0.3 is 0 Å². The molecule has 1 atom stereocenters. The lowest BCUT2D eigenvalue weighted by Crippen LogP contribution is -2.19. The van der Waals surface area contributed by atoms with Gasteiger partial charge in [0.15, 0.2) is 0 Å². The van der Waals surface area contributed by atoms with Crippen LogP contribution in [0.1, 0.15) is 33.9 Å². The predicted octanol–water partition coefficient (Wildman–Crippen LogP) is 0.992. The molecule has 0 aliphatic heterocycles. The third kappa shape index (κ3) is 1.30. The van der Waals surface area contributed by atoms with E-state index in [2.05, 4.69) is 5.32 Å². The van der Waals surface area contributed by atoms with E-state index in [9.17, 15) is 4.79 Å². The zero-order chi connectivity index (χ0) is 10.1. The molecule has 2 rings (SSSR count). The third-order valence-electron chi connectivity index (χ3n) is 2.79. The summed E-state index contributed by atoms with van der Waals surface area (Å²) in [5, 5.41) is 2.65. The van der Waals surface area contributed by atoms with E-state index in [1.165, 1.54) is 0 Å². The van der Waals surface area contributed by atoms with E-state index in [1.807, 2.05) is 18.2 Å². The summed E-state index contributed by atoms with van der Waals surface area (Å²) < 4.78 is 0. The first-order valence-corrected chi connectivity index (χ1v) is 4.83. The Kier molecular flexibility index (Phi) is 2.25. The molecule has 1 aliphatic rings. The maximum absolute atomic E-state index is 11.5. The average molecular weight is 190 g/mol. The van der Waals surface area contributed by atoms with Crippen molar-refractivity contribution in [3.8, 4) is 0 Å². The molecule has 0 saturated heterocycles. The second-order valence-electron chi connectivity index (χ2n) is 3.60. The molecule has 0 aromatic heterocycles. The lowest BCUT2D eigenvalue weighted by molar-refractivity contribution is 0.0962. The van der Waals surface area contributed by atoms with Gasteiger partial charge in [0.25, 0.3) is 5.91 Å². The second-order valence-corrected chi connectivity index (χ2v) is 3.60. The van der Waals surface area contributed by atoms with E-state index in [4.69, 9.17) is 5.73 Å². The van der Waals surface area contributed by atoms with E-state index in [0.717, 1.165) is 29.5 Å². The number of benzene rings is 1. The Morgan fingerprint density at radius 2 is 2.36 bits per heavy atom. The van der Waals surface area contributed by atoms with Crippen molar-refractivity contribution in [1.29, 1.82) is 0 Å². The van der Waals surface area contributed by atoms with Crippen LogP contribution < -0.4 is 11.1 Å². The largest absolute Gasteiger partial charge is 0.355 e. The van der Waals surface area contributed by atoms with Gasteiger partial charge in [-0.25, -0.2) is 0 Å². The summed E-state index contributed by atoms with van der Waals surface area (Å²) in [5.74, 6) is -0.0176. The molecule has 1 aliphatic carbocycles. The van der Waals surface area contributed by atoms with Crippen LogP contribution >= 0.6 is 0 Å². The van der Waals surface area contributed by atoms with Crippen LogP contribution in [0.15, 0.2) is 18.2 Å². The number of carbonyl (C=O) groups is 1. The summed E-state index contributed by atoms with van der Waals surface area (Å²) in [5.41, 5.74) is 8.96. The van der Waals surface area contributed by atoms with Gasteiger partial charge in [-0.3, -0.25) is 4.79 Å². The molecule has 1 aromatic carbocycles. The topological polar surface area (TPSA) is 55.1 Å². The van der Waals surface area contributed by atoms with Crippen LogP contribution in [-0.2, 0) is 6.42 Å². The van der Waals surface area contributed by atoms with Gasteiger partial charge in [-0.15, -0.1) is 0 Å². The Labute approximate surface area is 83.3 Å². The van der Waals surface area contributed by atoms with Crippen LogP contribution in [-0.4, -0.2) is 13.0 Å². The number of rotatable bonds is 1. The summed E-state index contributed by atoms with van der Waals surface area (Å²) in [4.78, 5) is 11.5. The summed E-state index contributed by atoms with van der Waals surface area (Å²) in [6.45, 7) is 0. The van der Waals surface area contributed by atoms with Gasteiger partial charge in [0.1, 0.15) is 0 Å². The molecule has 3 heteroatoms. The Morgan fingerprint density at radius 3 is 3.07 bits per heavy atom. The second kappa shape index (κ2) is 3.42. The molecule has 0 heterocycles. The van der Waals surface area contributed by atoms with Crippen molar-refractivity contribution in [3.05, 3.63) is 34.9 Å². The highest BCUT2D eigenvalue weighted by molar-refractivity contribution is 5.96. The van der Waals surface area contributed by atoms with Crippen molar-refractivity contribution < 1.29 is 4.79 Å². The van der Waals surface area contributed by atoms with Crippen molar-refractivity contribution >= 4 is 5.91 Å². The molecule has 74 valence electrons. The van der Waals surface area contributed by atoms with E-state index < -0.39 is 0 Å². The van der Waals surface area contributed by atoms with Crippen molar-refractivity contribution in [2.45, 2.75) is 18.9 Å². The normalized spacial score (nSPS) is 19.1. The number of fused-ring (bicyclic) bond motifs is 1. The van der Waals surface area contributed by atoms with Gasteiger partial charge in [-0.05, 0) is 30.0 Å². The van der Waals surface area contributed by atoms with Crippen molar-refractivity contribution in [3.63, 3.8) is 0 Å². The van der Waals surface area contributed by atoms with Crippen molar-refractivity contribution in [1.82, 2.24) is 5.32 Å². The summed E-state index contributed by atoms with van der Waals surface area (Å²) >= 11 is 0. The molecular weight excluding hydrogens is 176 g/mol. The van der Waals surface area contributed by atoms with Gasteiger partial charge in [0.2, 0.25) is 0 Å². The lowest BCUT2D eigenvalue weighted by Gasteiger charge is -2.08. The fourth-order valence-electron chi connectivity index (χ4n) is 2.03. The first-order chi connectivity index (χ1) is 6.74. The zero-order valence-corrected chi connectivity index (χ0v) is 8.21. The first-order valence-electron chi connectivity index (χ1n) is 4.83. The fourth-order valence-corrected chi connectivity index (χ4v) is 2.03. The Balaban J connectivity index is 2.49. The number of nitrogens with one attached hydrogen (secondary N) is 1. The first kappa shape index (κ1) is 9.21. The van der Waals surface area contributed by atoms with Gasteiger partial charge in [0, 0.05) is 18.7 Å². The Bertz CT molecular complexity index is 374. The number of hydrogen-bond acceptors (Lipinski definition) is 2. The van der Waals surface area contributed by atoms with Crippen LogP contribution in [0.3, 0.4) is 0 Å². The Morgan fingerprint density at radius 1 is 1.57 bits per heavy atom. The van der Waals surface area contributed by atoms with E-state index in [1.54, 1.807) is 7.05 Å². The predicted molar refractivity (Wildman–Crippen MR) is 55.1 cm³/mol. The van der Waals surface area contributed by atoms with Gasteiger partial charge < -0.3 is 11.1 Å². The maximum Gasteiger partial charge on any atom is 0.251 e. The summed E-state index contributed by atoms with van der Waals surface area (Å²) in [7, 11) is 1.65. The van der Waals surface area contributed by atoms with E-state index in [0.29, 0.717) is 0 Å².